The van der Waals surface area contributed by atoms with Crippen LogP contribution in [-0.4, -0.2) is 71.7 Å². The van der Waals surface area contributed by atoms with E-state index in [4.69, 9.17) is 22.3 Å². The Morgan fingerprint density at radius 2 is 1.70 bits per heavy atom. The first-order chi connectivity index (χ1) is 15.6. The summed E-state index contributed by atoms with van der Waals surface area (Å²) in [5.74, 6) is -3.27. The van der Waals surface area contributed by atoms with Crippen LogP contribution in [0, 0.1) is 0 Å². The zero-order valence-electron chi connectivity index (χ0n) is 18.1. The molecule has 0 fully saturated rings. The van der Waals surface area contributed by atoms with Gasteiger partial charge in [-0.05, 0) is 18.4 Å². The predicted molar refractivity (Wildman–Crippen MR) is 126 cm³/mol. The molecule has 0 aliphatic carbocycles. The van der Waals surface area contributed by atoms with Crippen LogP contribution in [0.2, 0.25) is 0 Å². The van der Waals surface area contributed by atoms with E-state index in [1.807, 2.05) is 6.07 Å². The average molecular weight is 482 g/mol. The van der Waals surface area contributed by atoms with Gasteiger partial charge in [-0.1, -0.05) is 30.3 Å². The molecule has 0 bridgehead atoms. The summed E-state index contributed by atoms with van der Waals surface area (Å²) in [6.07, 6.45) is 0.929. The van der Waals surface area contributed by atoms with Crippen molar-refractivity contribution in [2.24, 2.45) is 22.2 Å². The van der Waals surface area contributed by atoms with Gasteiger partial charge < -0.3 is 38.3 Å². The summed E-state index contributed by atoms with van der Waals surface area (Å²) < 4.78 is 0. The maximum atomic E-state index is 12.7. The van der Waals surface area contributed by atoms with Crippen molar-refractivity contribution in [3.05, 3.63) is 35.9 Å². The number of hydrogen-bond donors (Lipinski definition) is 8. The van der Waals surface area contributed by atoms with Crippen LogP contribution in [0.1, 0.15) is 18.4 Å². The number of rotatable bonds is 14. The van der Waals surface area contributed by atoms with Gasteiger partial charge in [-0.15, -0.1) is 0 Å². The number of nitrogens with zero attached hydrogens (tertiary/aromatic N) is 1. The molecule has 1 aromatic carbocycles. The van der Waals surface area contributed by atoms with Crippen molar-refractivity contribution < 1.29 is 24.3 Å². The molecule has 1 rings (SSSR count). The second-order valence-electron chi connectivity index (χ2n) is 7.16. The van der Waals surface area contributed by atoms with Gasteiger partial charge in [-0.25, -0.2) is 4.79 Å². The summed E-state index contributed by atoms with van der Waals surface area (Å²) in [7, 11) is 0. The Bertz CT molecular complexity index is 833. The van der Waals surface area contributed by atoms with E-state index in [9.17, 15) is 19.2 Å². The standard InChI is InChI=1S/C20H31N7O5S/c21-13(7-4-8-24-20(22)23)17(29)27-14(9-12-5-2-1-3-6-12)18(30)25-10-16(28)26-15(11-33)19(31)32/h1-3,5-6,13-15,33H,4,7-11,21H2,(H,25,30)(H,26,28)(H,27,29)(H,31,32)(H4,22,23,24). The van der Waals surface area contributed by atoms with Gasteiger partial charge in [0.15, 0.2) is 5.96 Å². The van der Waals surface area contributed by atoms with Crippen LogP contribution in [0.5, 0.6) is 0 Å². The van der Waals surface area contributed by atoms with E-state index in [2.05, 4.69) is 33.6 Å². The smallest absolute Gasteiger partial charge is 0.327 e. The number of amides is 3. The number of aliphatic imine (C=N–C) groups is 1. The van der Waals surface area contributed by atoms with Crippen molar-refractivity contribution in [1.29, 1.82) is 0 Å². The highest BCUT2D eigenvalue weighted by atomic mass is 32.1. The monoisotopic (exact) mass is 481 g/mol. The summed E-state index contributed by atoms with van der Waals surface area (Å²) in [5, 5.41) is 16.2. The fourth-order valence-corrected chi connectivity index (χ4v) is 2.96. The Kier molecular flexibility index (Phi) is 12.3. The van der Waals surface area contributed by atoms with Crippen LogP contribution < -0.4 is 33.2 Å². The Morgan fingerprint density at radius 3 is 2.27 bits per heavy atom. The number of carboxylic acid groups (broad SMARTS) is 1. The van der Waals surface area contributed by atoms with Gasteiger partial charge in [0.2, 0.25) is 17.7 Å². The second-order valence-corrected chi connectivity index (χ2v) is 7.53. The lowest BCUT2D eigenvalue weighted by Crippen LogP contribution is -2.54. The average Bonchev–Trinajstić information content (AvgIpc) is 2.78. The lowest BCUT2D eigenvalue weighted by Gasteiger charge is -2.21. The Morgan fingerprint density at radius 1 is 1.03 bits per heavy atom. The SMILES string of the molecule is NC(N)=NCCCC(N)C(=O)NC(Cc1ccccc1)C(=O)NCC(=O)NC(CS)C(=O)O. The number of carbonyl (C=O) groups is 4. The van der Waals surface area contributed by atoms with Crippen LogP contribution in [0.4, 0.5) is 0 Å². The third-order valence-corrected chi connectivity index (χ3v) is 4.82. The molecule has 13 heteroatoms. The van der Waals surface area contributed by atoms with Gasteiger partial charge in [0.1, 0.15) is 12.1 Å². The van der Waals surface area contributed by atoms with Crippen LogP contribution in [0.25, 0.3) is 0 Å². The number of nitrogens with one attached hydrogen (secondary N) is 3. The fourth-order valence-electron chi connectivity index (χ4n) is 2.71. The highest BCUT2D eigenvalue weighted by Gasteiger charge is 2.25. The van der Waals surface area contributed by atoms with Crippen LogP contribution in [-0.2, 0) is 25.6 Å². The molecule has 3 unspecified atom stereocenters. The number of aliphatic carboxylic acids is 1. The number of nitrogens with two attached hydrogens (primary N) is 3. The van der Waals surface area contributed by atoms with Crippen molar-refractivity contribution in [3.8, 4) is 0 Å². The highest BCUT2D eigenvalue weighted by Crippen LogP contribution is 2.05. The van der Waals surface area contributed by atoms with E-state index < -0.39 is 48.4 Å². The normalized spacial score (nSPS) is 13.2. The van der Waals surface area contributed by atoms with Crippen LogP contribution in [0.3, 0.4) is 0 Å². The fraction of sp³-hybridized carbons (Fsp3) is 0.450. The molecule has 0 saturated heterocycles. The topological polar surface area (TPSA) is 215 Å². The van der Waals surface area contributed by atoms with Gasteiger partial charge >= 0.3 is 5.97 Å². The molecule has 3 atom stereocenters. The molecule has 0 aliphatic rings. The minimum absolute atomic E-state index is 0.0549. The molecule has 12 nitrogen and oxygen atoms in total. The Balaban J connectivity index is 2.73. The third kappa shape index (κ3) is 11.2. The second kappa shape index (κ2) is 14.7. The van der Waals surface area contributed by atoms with E-state index in [1.54, 1.807) is 24.3 Å². The zero-order chi connectivity index (χ0) is 24.8. The molecule has 0 heterocycles. The van der Waals surface area contributed by atoms with Crippen molar-refractivity contribution >= 4 is 42.3 Å². The van der Waals surface area contributed by atoms with Gasteiger partial charge in [0.25, 0.3) is 0 Å². The number of carbonyl (C=O) groups excluding carboxylic acids is 3. The largest absolute Gasteiger partial charge is 0.480 e. The van der Waals surface area contributed by atoms with Crippen molar-refractivity contribution in [1.82, 2.24) is 16.0 Å². The first kappa shape index (κ1) is 27.7. The van der Waals surface area contributed by atoms with E-state index in [0.29, 0.717) is 19.4 Å². The molecule has 3 amide bonds. The number of hydrogen-bond acceptors (Lipinski definition) is 7. The third-order valence-electron chi connectivity index (χ3n) is 4.46. The number of guanidine groups is 1. The molecule has 0 spiro atoms. The number of thiol groups is 1. The molecule has 182 valence electrons. The van der Waals surface area contributed by atoms with Crippen LogP contribution >= 0.6 is 12.6 Å². The van der Waals surface area contributed by atoms with E-state index >= 15 is 0 Å². The van der Waals surface area contributed by atoms with Crippen LogP contribution in [0.15, 0.2) is 35.3 Å². The van der Waals surface area contributed by atoms with Crippen molar-refractivity contribution in [2.75, 3.05) is 18.8 Å². The van der Waals surface area contributed by atoms with E-state index in [1.165, 1.54) is 0 Å². The number of carboxylic acids is 1. The maximum Gasteiger partial charge on any atom is 0.327 e. The molecule has 1 aromatic rings. The zero-order valence-corrected chi connectivity index (χ0v) is 19.0. The van der Waals surface area contributed by atoms with Gasteiger partial charge in [0.05, 0.1) is 12.6 Å². The Labute approximate surface area is 197 Å². The van der Waals surface area contributed by atoms with E-state index in [-0.39, 0.29) is 18.1 Å². The van der Waals surface area contributed by atoms with Gasteiger partial charge in [0, 0.05) is 18.7 Å². The van der Waals surface area contributed by atoms with Gasteiger partial charge in [-0.2, -0.15) is 12.6 Å². The summed E-state index contributed by atoms with van der Waals surface area (Å²) in [5.41, 5.74) is 17.2. The quantitative estimate of drug-likeness (QED) is 0.0624. The molecule has 0 radical (unpaired) electrons. The Hall–Kier alpha value is -3.32. The minimum atomic E-state index is -1.24. The lowest BCUT2D eigenvalue weighted by molar-refractivity contribution is -0.141. The lowest BCUT2D eigenvalue weighted by atomic mass is 10.0. The highest BCUT2D eigenvalue weighted by molar-refractivity contribution is 7.80. The molecule has 0 aliphatic heterocycles. The predicted octanol–water partition coefficient (Wildman–Crippen LogP) is -2.29. The minimum Gasteiger partial charge on any atom is -0.480 e. The first-order valence-electron chi connectivity index (χ1n) is 10.2. The maximum absolute atomic E-state index is 12.7. The number of benzene rings is 1. The van der Waals surface area contributed by atoms with Gasteiger partial charge in [-0.3, -0.25) is 19.4 Å². The molecular weight excluding hydrogens is 450 g/mol. The first-order valence-corrected chi connectivity index (χ1v) is 10.8. The molecule has 10 N–H and O–H groups in total. The summed E-state index contributed by atoms with van der Waals surface area (Å²) in [6, 6.07) is 5.90. The van der Waals surface area contributed by atoms with Crippen molar-refractivity contribution in [2.45, 2.75) is 37.4 Å². The molecule has 0 aromatic heterocycles. The molecular formula is C20H31N7O5S. The van der Waals surface area contributed by atoms with E-state index in [0.717, 1.165) is 5.56 Å². The molecule has 33 heavy (non-hydrogen) atoms. The summed E-state index contributed by atoms with van der Waals surface area (Å²) in [6.45, 7) is -0.155. The molecule has 0 saturated carbocycles. The van der Waals surface area contributed by atoms with Crippen molar-refractivity contribution in [3.63, 3.8) is 0 Å². The summed E-state index contributed by atoms with van der Waals surface area (Å²) >= 11 is 3.86. The summed E-state index contributed by atoms with van der Waals surface area (Å²) in [4.78, 5) is 52.0.